The van der Waals surface area contributed by atoms with Gasteiger partial charge in [0.05, 0.1) is 30.9 Å². The van der Waals surface area contributed by atoms with Crippen molar-refractivity contribution in [3.63, 3.8) is 0 Å². The fourth-order valence-corrected chi connectivity index (χ4v) is 2.61. The number of benzene rings is 1. The average Bonchev–Trinajstić information content (AvgIpc) is 2.56. The second-order valence-electron chi connectivity index (χ2n) is 5.53. The normalized spacial score (nSPS) is 15.9. The van der Waals surface area contributed by atoms with E-state index in [9.17, 15) is 14.9 Å². The highest BCUT2D eigenvalue weighted by molar-refractivity contribution is 5.94. The molecule has 0 atom stereocenters. The quantitative estimate of drug-likeness (QED) is 0.538. The maximum absolute atomic E-state index is 12.2. The number of hydrogen-bond acceptors (Lipinski definition) is 7. The fourth-order valence-electron chi connectivity index (χ4n) is 2.61. The summed E-state index contributed by atoms with van der Waals surface area (Å²) in [7, 11) is 1.44. The molecule has 1 aliphatic heterocycles. The lowest BCUT2D eigenvalue weighted by molar-refractivity contribution is -0.384. The number of carbonyl (C=O) groups excluding carboxylic acids is 1. The molecule has 0 radical (unpaired) electrons. The Hall–Kier alpha value is -2.23. The zero-order valence-electron chi connectivity index (χ0n) is 13.6. The Bertz CT molecular complexity index is 587. The van der Waals surface area contributed by atoms with E-state index in [1.54, 1.807) is 0 Å². The number of rotatable bonds is 7. The number of nitro groups is 1. The van der Waals surface area contributed by atoms with Gasteiger partial charge in [0, 0.05) is 44.9 Å². The van der Waals surface area contributed by atoms with Gasteiger partial charge in [0.15, 0.2) is 0 Å². The lowest BCUT2D eigenvalue weighted by Gasteiger charge is -2.33. The molecule has 0 saturated carbocycles. The zero-order chi connectivity index (χ0) is 17.5. The largest absolute Gasteiger partial charge is 0.495 e. The molecule has 1 fully saturated rings. The molecule has 0 aliphatic carbocycles. The van der Waals surface area contributed by atoms with Crippen molar-refractivity contribution in [2.75, 3.05) is 58.3 Å². The molecule has 132 valence electrons. The Kier molecular flexibility index (Phi) is 6.47. The molecule has 0 unspecified atom stereocenters. The third-order valence-corrected chi connectivity index (χ3v) is 3.92. The first-order valence-electron chi connectivity index (χ1n) is 7.71. The summed E-state index contributed by atoms with van der Waals surface area (Å²) in [6.45, 7) is 4.05. The van der Waals surface area contributed by atoms with Gasteiger partial charge in [0.25, 0.3) is 5.69 Å². The Balaban J connectivity index is 1.93. The number of ether oxygens (including phenoxy) is 1. The van der Waals surface area contributed by atoms with Gasteiger partial charge >= 0.3 is 0 Å². The van der Waals surface area contributed by atoms with Crippen molar-refractivity contribution in [2.24, 2.45) is 0 Å². The zero-order valence-corrected chi connectivity index (χ0v) is 13.6. The van der Waals surface area contributed by atoms with Gasteiger partial charge in [0.2, 0.25) is 5.91 Å². The predicted octanol–water partition coefficient (Wildman–Crippen LogP) is 0.152. The molecular weight excluding hydrogens is 316 g/mol. The minimum Gasteiger partial charge on any atom is -0.495 e. The van der Waals surface area contributed by atoms with E-state index < -0.39 is 4.92 Å². The van der Waals surface area contributed by atoms with Crippen LogP contribution in [0.1, 0.15) is 0 Å². The van der Waals surface area contributed by atoms with Gasteiger partial charge in [-0.2, -0.15) is 0 Å². The van der Waals surface area contributed by atoms with Crippen LogP contribution in [0.15, 0.2) is 18.2 Å². The Morgan fingerprint density at radius 2 is 2.00 bits per heavy atom. The molecule has 1 aromatic carbocycles. The fraction of sp³-hybridized carbons (Fsp3) is 0.533. The number of hydrogen-bond donors (Lipinski definition) is 2. The number of methoxy groups -OCH3 is 1. The van der Waals surface area contributed by atoms with Crippen molar-refractivity contribution in [1.29, 1.82) is 0 Å². The van der Waals surface area contributed by atoms with E-state index in [4.69, 9.17) is 9.84 Å². The lowest BCUT2D eigenvalue weighted by Crippen LogP contribution is -2.49. The van der Waals surface area contributed by atoms with Gasteiger partial charge in [-0.3, -0.25) is 24.7 Å². The Morgan fingerprint density at radius 3 is 2.58 bits per heavy atom. The van der Waals surface area contributed by atoms with E-state index in [0.717, 1.165) is 26.2 Å². The summed E-state index contributed by atoms with van der Waals surface area (Å²) in [5.74, 6) is 0.131. The van der Waals surface area contributed by atoms with Gasteiger partial charge in [-0.25, -0.2) is 0 Å². The Morgan fingerprint density at radius 1 is 1.33 bits per heavy atom. The summed E-state index contributed by atoms with van der Waals surface area (Å²) in [5.41, 5.74) is 0.180. The lowest BCUT2D eigenvalue weighted by atomic mass is 10.2. The van der Waals surface area contributed by atoms with Crippen molar-refractivity contribution >= 4 is 17.3 Å². The number of piperazine rings is 1. The second kappa shape index (κ2) is 8.57. The van der Waals surface area contributed by atoms with E-state index in [1.807, 2.05) is 4.90 Å². The topological polar surface area (TPSA) is 108 Å². The number of non-ortho nitro benzene ring substituents is 1. The van der Waals surface area contributed by atoms with Crippen molar-refractivity contribution < 1.29 is 19.6 Å². The molecule has 24 heavy (non-hydrogen) atoms. The second-order valence-corrected chi connectivity index (χ2v) is 5.53. The number of aliphatic hydroxyl groups excluding tert-OH is 1. The molecule has 1 aliphatic rings. The minimum absolute atomic E-state index is 0.108. The highest BCUT2D eigenvalue weighted by Gasteiger charge is 2.20. The molecule has 9 nitrogen and oxygen atoms in total. The summed E-state index contributed by atoms with van der Waals surface area (Å²) >= 11 is 0. The first-order valence-corrected chi connectivity index (χ1v) is 7.71. The van der Waals surface area contributed by atoms with Gasteiger partial charge in [-0.1, -0.05) is 0 Å². The van der Waals surface area contributed by atoms with Crippen LogP contribution in [0, 0.1) is 10.1 Å². The average molecular weight is 338 g/mol. The van der Waals surface area contributed by atoms with Crippen LogP contribution in [-0.2, 0) is 4.79 Å². The number of β-amino-alcohol motifs (C(OH)–C–C–N with tert-alkyl or cyclic N) is 1. The molecule has 0 bridgehead atoms. The molecule has 9 heteroatoms. The molecule has 2 rings (SSSR count). The third kappa shape index (κ3) is 4.88. The van der Waals surface area contributed by atoms with Gasteiger partial charge in [-0.05, 0) is 6.07 Å². The van der Waals surface area contributed by atoms with Crippen LogP contribution in [-0.4, -0.2) is 78.7 Å². The third-order valence-electron chi connectivity index (χ3n) is 3.92. The maximum Gasteiger partial charge on any atom is 0.271 e. The molecule has 2 N–H and O–H groups in total. The summed E-state index contributed by atoms with van der Waals surface area (Å²) in [5, 5.41) is 22.5. The molecular formula is C15H22N4O5. The smallest absolute Gasteiger partial charge is 0.271 e. The minimum atomic E-state index is -0.518. The first-order chi connectivity index (χ1) is 11.5. The number of nitrogens with one attached hydrogen (secondary N) is 1. The summed E-state index contributed by atoms with van der Waals surface area (Å²) in [4.78, 5) is 26.7. The summed E-state index contributed by atoms with van der Waals surface area (Å²) in [6, 6.07) is 4.08. The number of aliphatic hydroxyl groups is 1. The van der Waals surface area contributed by atoms with Crippen LogP contribution in [0.5, 0.6) is 5.75 Å². The maximum atomic E-state index is 12.2. The van der Waals surface area contributed by atoms with Crippen molar-refractivity contribution in [1.82, 2.24) is 9.80 Å². The number of anilines is 1. The summed E-state index contributed by atoms with van der Waals surface area (Å²) < 4.78 is 5.13. The standard InChI is InChI=1S/C15H22N4O5/c1-24-14-3-2-12(19(22)23)10-13(14)16-15(21)11-18-6-4-17(5-7-18)8-9-20/h2-3,10,20H,4-9,11H2,1H3,(H,16,21). The van der Waals surface area contributed by atoms with Gasteiger partial charge in [0.1, 0.15) is 5.75 Å². The van der Waals surface area contributed by atoms with Crippen molar-refractivity contribution in [3.05, 3.63) is 28.3 Å². The van der Waals surface area contributed by atoms with Crippen LogP contribution in [0.4, 0.5) is 11.4 Å². The van der Waals surface area contributed by atoms with Gasteiger partial charge in [-0.15, -0.1) is 0 Å². The summed E-state index contributed by atoms with van der Waals surface area (Å²) in [6.07, 6.45) is 0. The van der Waals surface area contributed by atoms with Crippen molar-refractivity contribution in [2.45, 2.75) is 0 Å². The molecule has 1 heterocycles. The van der Waals surface area contributed by atoms with Crippen LogP contribution in [0.25, 0.3) is 0 Å². The number of nitro benzene ring substituents is 1. The number of nitrogens with zero attached hydrogens (tertiary/aromatic N) is 3. The van der Waals surface area contributed by atoms with Crippen molar-refractivity contribution in [3.8, 4) is 5.75 Å². The monoisotopic (exact) mass is 338 g/mol. The number of amides is 1. The Labute approximate surface area is 140 Å². The van der Waals surface area contributed by atoms with E-state index in [2.05, 4.69) is 10.2 Å². The predicted molar refractivity (Wildman–Crippen MR) is 88.2 cm³/mol. The first kappa shape index (κ1) is 18.1. The van der Waals surface area contributed by atoms with Gasteiger partial charge < -0.3 is 15.2 Å². The molecule has 1 saturated heterocycles. The molecule has 1 aromatic rings. The van der Waals surface area contributed by atoms with E-state index >= 15 is 0 Å². The van der Waals surface area contributed by atoms with E-state index in [0.29, 0.717) is 12.3 Å². The van der Waals surface area contributed by atoms with Crippen LogP contribution in [0.3, 0.4) is 0 Å². The molecule has 0 aromatic heterocycles. The van der Waals surface area contributed by atoms with E-state index in [1.165, 1.54) is 25.3 Å². The van der Waals surface area contributed by atoms with Crippen LogP contribution in [0.2, 0.25) is 0 Å². The van der Waals surface area contributed by atoms with E-state index in [-0.39, 0.29) is 30.4 Å². The number of carbonyl (C=O) groups is 1. The van der Waals surface area contributed by atoms with Crippen LogP contribution < -0.4 is 10.1 Å². The highest BCUT2D eigenvalue weighted by Crippen LogP contribution is 2.28. The molecule has 0 spiro atoms. The SMILES string of the molecule is COc1ccc([N+](=O)[O-])cc1NC(=O)CN1CCN(CCO)CC1. The molecule has 1 amide bonds. The van der Waals surface area contributed by atoms with Crippen LogP contribution >= 0.6 is 0 Å². The highest BCUT2D eigenvalue weighted by atomic mass is 16.6.